The van der Waals surface area contributed by atoms with Gasteiger partial charge in [-0.15, -0.1) is 11.8 Å². The van der Waals surface area contributed by atoms with Crippen LogP contribution in [0.2, 0.25) is 0 Å². The van der Waals surface area contributed by atoms with Gasteiger partial charge in [0.15, 0.2) is 5.13 Å². The molecule has 32 heavy (non-hydrogen) atoms. The lowest BCUT2D eigenvalue weighted by Crippen LogP contribution is -2.36. The average molecular weight is 474 g/mol. The molecule has 1 aromatic heterocycles. The number of carbonyl (C=O) groups is 1. The number of rotatable bonds is 12. The summed E-state index contributed by atoms with van der Waals surface area (Å²) >= 11 is 3.30. The van der Waals surface area contributed by atoms with Gasteiger partial charge >= 0.3 is 0 Å². The van der Waals surface area contributed by atoms with E-state index in [0.717, 1.165) is 45.6 Å². The topological polar surface area (TPSA) is 54.9 Å². The molecule has 6 nitrogen and oxygen atoms in total. The van der Waals surface area contributed by atoms with Gasteiger partial charge in [-0.3, -0.25) is 9.69 Å². The van der Waals surface area contributed by atoms with E-state index in [0.29, 0.717) is 19.6 Å². The molecule has 172 valence electrons. The molecule has 0 aliphatic carbocycles. The molecule has 2 aromatic carbocycles. The number of thiazole rings is 1. The van der Waals surface area contributed by atoms with Crippen molar-refractivity contribution in [1.29, 1.82) is 0 Å². The van der Waals surface area contributed by atoms with Crippen molar-refractivity contribution in [2.24, 2.45) is 0 Å². The second-order valence-corrected chi connectivity index (χ2v) is 9.71. The van der Waals surface area contributed by atoms with Crippen LogP contribution in [-0.4, -0.2) is 62.4 Å². The summed E-state index contributed by atoms with van der Waals surface area (Å²) in [6.45, 7) is 4.00. The molecule has 0 N–H and O–H groups in total. The first-order valence-electron chi connectivity index (χ1n) is 10.8. The van der Waals surface area contributed by atoms with Gasteiger partial charge in [-0.25, -0.2) is 4.98 Å². The molecule has 0 unspecified atom stereocenters. The number of hydrogen-bond acceptors (Lipinski definition) is 7. The highest BCUT2D eigenvalue weighted by Crippen LogP contribution is 2.32. The Morgan fingerprint density at radius 3 is 2.53 bits per heavy atom. The Balaban J connectivity index is 1.63. The summed E-state index contributed by atoms with van der Waals surface area (Å²) in [5, 5.41) is 0.753. The maximum atomic E-state index is 13.1. The number of fused-ring (bicyclic) bond motifs is 1. The minimum atomic E-state index is 0.117. The molecule has 0 fully saturated rings. The van der Waals surface area contributed by atoms with Crippen LogP contribution in [0.5, 0.6) is 11.5 Å². The van der Waals surface area contributed by atoms with Gasteiger partial charge in [0.05, 0.1) is 23.9 Å². The monoisotopic (exact) mass is 473 g/mol. The maximum absolute atomic E-state index is 13.1. The summed E-state index contributed by atoms with van der Waals surface area (Å²) in [5.41, 5.74) is 0.895. The number of hydrogen-bond donors (Lipinski definition) is 0. The largest absolute Gasteiger partial charge is 0.497 e. The molecule has 8 heteroatoms. The summed E-state index contributed by atoms with van der Waals surface area (Å²) in [6, 6.07) is 13.9. The molecule has 3 aromatic rings. The Bertz CT molecular complexity index is 1010. The Morgan fingerprint density at radius 1 is 1.09 bits per heavy atom. The van der Waals surface area contributed by atoms with Gasteiger partial charge < -0.3 is 14.4 Å². The number of carbonyl (C=O) groups excluding carboxylic acids is 1. The highest BCUT2D eigenvalue weighted by atomic mass is 32.2. The fourth-order valence-electron chi connectivity index (χ4n) is 3.11. The molecule has 0 aliphatic rings. The second-order valence-electron chi connectivity index (χ2n) is 7.54. The molecule has 0 aliphatic heterocycles. The lowest BCUT2D eigenvalue weighted by atomic mass is 10.3. The van der Waals surface area contributed by atoms with E-state index in [2.05, 4.69) is 4.90 Å². The number of ether oxygens (including phenoxy) is 2. The van der Waals surface area contributed by atoms with Crippen LogP contribution in [0, 0.1) is 0 Å². The zero-order chi connectivity index (χ0) is 22.9. The number of thioether (sulfide) groups is 1. The highest BCUT2D eigenvalue weighted by Gasteiger charge is 2.20. The smallest absolute Gasteiger partial charge is 0.228 e. The molecule has 0 saturated heterocycles. The van der Waals surface area contributed by atoms with Crippen LogP contribution in [0.4, 0.5) is 5.13 Å². The third-order valence-corrected chi connectivity index (χ3v) is 6.96. The van der Waals surface area contributed by atoms with Crippen molar-refractivity contribution >= 4 is 44.4 Å². The minimum absolute atomic E-state index is 0.117. The molecule has 3 rings (SSSR count). The van der Waals surface area contributed by atoms with Crippen LogP contribution in [-0.2, 0) is 4.79 Å². The first kappa shape index (κ1) is 24.4. The van der Waals surface area contributed by atoms with Gasteiger partial charge in [0.2, 0.25) is 5.91 Å². The predicted molar refractivity (Wildman–Crippen MR) is 135 cm³/mol. The average Bonchev–Trinajstić information content (AvgIpc) is 3.20. The third kappa shape index (κ3) is 6.85. The molecular weight excluding hydrogens is 442 g/mol. The zero-order valence-corrected chi connectivity index (χ0v) is 20.8. The Hall–Kier alpha value is -2.29. The Labute approximate surface area is 198 Å². The number of benzene rings is 2. The zero-order valence-electron chi connectivity index (χ0n) is 19.2. The molecule has 0 spiro atoms. The number of aromatic nitrogens is 1. The predicted octanol–water partition coefficient (Wildman–Crippen LogP) is 5.17. The summed E-state index contributed by atoms with van der Waals surface area (Å²) in [4.78, 5) is 23.0. The Kier molecular flexibility index (Phi) is 9.20. The summed E-state index contributed by atoms with van der Waals surface area (Å²) in [5.74, 6) is 2.69. The first-order chi connectivity index (χ1) is 15.5. The van der Waals surface area contributed by atoms with Crippen molar-refractivity contribution in [2.45, 2.75) is 24.7 Å². The summed E-state index contributed by atoms with van der Waals surface area (Å²) in [6.07, 6.45) is 1.31. The van der Waals surface area contributed by atoms with E-state index in [4.69, 9.17) is 14.5 Å². The van der Waals surface area contributed by atoms with Crippen LogP contribution >= 0.6 is 23.1 Å². The van der Waals surface area contributed by atoms with E-state index in [1.165, 1.54) is 4.90 Å². The van der Waals surface area contributed by atoms with Crippen LogP contribution in [0.1, 0.15) is 19.8 Å². The van der Waals surface area contributed by atoms with Crippen LogP contribution in [0.25, 0.3) is 10.2 Å². The Morgan fingerprint density at radius 2 is 1.84 bits per heavy atom. The fourth-order valence-corrected chi connectivity index (χ4v) is 5.00. The van der Waals surface area contributed by atoms with E-state index in [1.54, 1.807) is 30.2 Å². The van der Waals surface area contributed by atoms with Crippen LogP contribution in [0.15, 0.2) is 47.4 Å². The van der Waals surface area contributed by atoms with Gasteiger partial charge in [-0.05, 0) is 75.7 Å². The maximum Gasteiger partial charge on any atom is 0.228 e. The quantitative estimate of drug-likeness (QED) is 0.267. The molecule has 0 saturated carbocycles. The van der Waals surface area contributed by atoms with Gasteiger partial charge in [0.25, 0.3) is 0 Å². The van der Waals surface area contributed by atoms with Gasteiger partial charge in [0, 0.05) is 24.4 Å². The number of methoxy groups -OCH3 is 1. The number of likely N-dealkylation sites (N-methyl/N-ethyl adjacent to an activating group) is 1. The van der Waals surface area contributed by atoms with Crippen molar-refractivity contribution in [3.63, 3.8) is 0 Å². The van der Waals surface area contributed by atoms with Crippen molar-refractivity contribution in [3.8, 4) is 11.5 Å². The minimum Gasteiger partial charge on any atom is -0.497 e. The van der Waals surface area contributed by atoms with Crippen molar-refractivity contribution in [1.82, 2.24) is 9.88 Å². The van der Waals surface area contributed by atoms with Crippen molar-refractivity contribution in [3.05, 3.63) is 42.5 Å². The number of nitrogens with zero attached hydrogens (tertiary/aromatic N) is 3. The molecular formula is C24H31N3O3S2. The van der Waals surface area contributed by atoms with Crippen LogP contribution in [0.3, 0.4) is 0 Å². The lowest BCUT2D eigenvalue weighted by molar-refractivity contribution is -0.118. The third-order valence-electron chi connectivity index (χ3n) is 4.83. The van der Waals surface area contributed by atoms with Gasteiger partial charge in [-0.1, -0.05) is 11.3 Å². The molecule has 0 bridgehead atoms. The van der Waals surface area contributed by atoms with E-state index < -0.39 is 0 Å². The number of anilines is 1. The molecule has 0 atom stereocenters. The normalized spacial score (nSPS) is 11.2. The van der Waals surface area contributed by atoms with E-state index in [-0.39, 0.29) is 5.91 Å². The van der Waals surface area contributed by atoms with Crippen LogP contribution < -0.4 is 14.4 Å². The molecule has 1 heterocycles. The standard InChI is InChI=1S/C24H31N3O3S2/c1-5-30-19-10-13-21-22(17-19)32-24(25-21)27(15-14-26(2)3)23(28)7-6-16-31-20-11-8-18(29-4)9-12-20/h8-13,17H,5-7,14-16H2,1-4H3. The fraction of sp³-hybridized carbons (Fsp3) is 0.417. The number of amides is 1. The second kappa shape index (κ2) is 12.1. The van der Waals surface area contributed by atoms with E-state index >= 15 is 0 Å². The van der Waals surface area contributed by atoms with E-state index in [1.807, 2.05) is 68.4 Å². The van der Waals surface area contributed by atoms with Crippen molar-refractivity contribution in [2.75, 3.05) is 51.6 Å². The highest BCUT2D eigenvalue weighted by molar-refractivity contribution is 7.99. The molecule has 1 amide bonds. The summed E-state index contributed by atoms with van der Waals surface area (Å²) in [7, 11) is 5.70. The first-order valence-corrected chi connectivity index (χ1v) is 12.6. The summed E-state index contributed by atoms with van der Waals surface area (Å²) < 4.78 is 11.8. The van der Waals surface area contributed by atoms with Gasteiger partial charge in [0.1, 0.15) is 11.5 Å². The lowest BCUT2D eigenvalue weighted by Gasteiger charge is -2.22. The SMILES string of the molecule is CCOc1ccc2nc(N(CCN(C)C)C(=O)CCCSc3ccc(OC)cc3)sc2c1. The molecule has 0 radical (unpaired) electrons. The van der Waals surface area contributed by atoms with Crippen molar-refractivity contribution < 1.29 is 14.3 Å². The van der Waals surface area contributed by atoms with E-state index in [9.17, 15) is 4.79 Å². The van der Waals surface area contributed by atoms with Gasteiger partial charge in [-0.2, -0.15) is 0 Å².